The molecule has 0 fully saturated rings. The maximum Gasteiger partial charge on any atom is 0.309 e. The van der Waals surface area contributed by atoms with Gasteiger partial charge in [-0.25, -0.2) is 0 Å². The van der Waals surface area contributed by atoms with Crippen molar-refractivity contribution in [1.29, 1.82) is 0 Å². The highest BCUT2D eigenvalue weighted by molar-refractivity contribution is 9.10. The lowest BCUT2D eigenvalue weighted by Crippen LogP contribution is -2.21. The van der Waals surface area contributed by atoms with E-state index in [1.54, 1.807) is 42.5 Å². The van der Waals surface area contributed by atoms with Crippen LogP contribution in [0.5, 0.6) is 11.5 Å². The molecule has 6 nitrogen and oxygen atoms in total. The quantitative estimate of drug-likeness (QED) is 0.564. The van der Waals surface area contributed by atoms with E-state index in [1.165, 1.54) is 0 Å². The van der Waals surface area contributed by atoms with Crippen LogP contribution in [0.15, 0.2) is 46.9 Å². The number of carbonyl (C=O) groups excluding carboxylic acids is 2. The fraction of sp³-hybridized carbons (Fsp3) is 0.263. The van der Waals surface area contributed by atoms with E-state index in [2.05, 4.69) is 21.2 Å². The van der Waals surface area contributed by atoms with E-state index in [9.17, 15) is 9.59 Å². The molecule has 0 spiro atoms. The van der Waals surface area contributed by atoms with Crippen LogP contribution < -0.4 is 14.8 Å². The summed E-state index contributed by atoms with van der Waals surface area (Å²) in [7, 11) is 0. The molecule has 2 aromatic carbocycles. The molecule has 0 radical (unpaired) electrons. The van der Waals surface area contributed by atoms with Crippen molar-refractivity contribution in [2.75, 3.05) is 25.1 Å². The lowest BCUT2D eigenvalue weighted by atomic mass is 10.3. The van der Waals surface area contributed by atoms with Crippen LogP contribution in [-0.2, 0) is 14.3 Å². The number of benzene rings is 2. The van der Waals surface area contributed by atoms with Gasteiger partial charge in [0, 0.05) is 4.47 Å². The summed E-state index contributed by atoms with van der Waals surface area (Å²) in [5.41, 5.74) is 0.444. The van der Waals surface area contributed by atoms with E-state index < -0.39 is 18.5 Å². The molecule has 0 bridgehead atoms. The van der Waals surface area contributed by atoms with Gasteiger partial charge in [-0.3, -0.25) is 9.59 Å². The second-order valence-corrected chi connectivity index (χ2v) is 6.66. The average molecular weight is 457 g/mol. The largest absolute Gasteiger partial charge is 0.494 e. The first kappa shape index (κ1) is 21.1. The van der Waals surface area contributed by atoms with Crippen molar-refractivity contribution in [2.24, 2.45) is 0 Å². The standard InChI is InChI=1S/C19H19BrClNO5/c1-2-25-14-4-6-15(7-5-14)26-10-9-19(24)27-12-18(23)22-17-8-3-13(20)11-16(17)21/h3-8,11H,2,9-10,12H2,1H3,(H,22,23). The molecule has 1 amide bonds. The summed E-state index contributed by atoms with van der Waals surface area (Å²) in [5, 5.41) is 2.96. The van der Waals surface area contributed by atoms with E-state index in [0.29, 0.717) is 23.1 Å². The molecule has 2 rings (SSSR count). The normalized spacial score (nSPS) is 10.2. The van der Waals surface area contributed by atoms with Crippen LogP contribution in [0.2, 0.25) is 5.02 Å². The Bertz CT molecular complexity index is 782. The van der Waals surface area contributed by atoms with E-state index in [1.807, 2.05) is 6.92 Å². The first-order valence-electron chi connectivity index (χ1n) is 8.24. The first-order chi connectivity index (χ1) is 13.0. The lowest BCUT2D eigenvalue weighted by Gasteiger charge is -2.09. The summed E-state index contributed by atoms with van der Waals surface area (Å²) >= 11 is 9.29. The summed E-state index contributed by atoms with van der Waals surface area (Å²) in [6.07, 6.45) is 0.0273. The van der Waals surface area contributed by atoms with Gasteiger partial charge in [0.05, 0.1) is 30.3 Å². The number of amides is 1. The molecule has 144 valence electrons. The van der Waals surface area contributed by atoms with Crippen LogP contribution in [0.3, 0.4) is 0 Å². The van der Waals surface area contributed by atoms with Crippen LogP contribution in [0.25, 0.3) is 0 Å². The van der Waals surface area contributed by atoms with Gasteiger partial charge in [0.25, 0.3) is 5.91 Å². The molecule has 1 N–H and O–H groups in total. The van der Waals surface area contributed by atoms with Gasteiger partial charge in [0.1, 0.15) is 11.5 Å². The van der Waals surface area contributed by atoms with Crippen LogP contribution in [0, 0.1) is 0 Å². The average Bonchev–Trinajstić information content (AvgIpc) is 2.64. The Morgan fingerprint density at radius 3 is 2.37 bits per heavy atom. The van der Waals surface area contributed by atoms with Crippen LogP contribution in [0.1, 0.15) is 13.3 Å². The molecule has 0 atom stereocenters. The zero-order chi connectivity index (χ0) is 19.6. The molecule has 0 heterocycles. The molecule has 0 aliphatic rings. The third-order valence-electron chi connectivity index (χ3n) is 3.28. The van der Waals surface area contributed by atoms with E-state index in [0.717, 1.165) is 10.2 Å². The Balaban J connectivity index is 1.67. The molecule has 0 aromatic heterocycles. The molecule has 0 saturated carbocycles. The highest BCUT2D eigenvalue weighted by Gasteiger charge is 2.10. The third kappa shape index (κ3) is 7.48. The highest BCUT2D eigenvalue weighted by Crippen LogP contribution is 2.25. The lowest BCUT2D eigenvalue weighted by molar-refractivity contribution is -0.147. The number of carbonyl (C=O) groups is 2. The Morgan fingerprint density at radius 2 is 1.74 bits per heavy atom. The second kappa shape index (κ2) is 10.8. The number of anilines is 1. The van der Waals surface area contributed by atoms with Gasteiger partial charge in [-0.2, -0.15) is 0 Å². The molecular weight excluding hydrogens is 438 g/mol. The van der Waals surface area contributed by atoms with Gasteiger partial charge >= 0.3 is 5.97 Å². The third-order valence-corrected chi connectivity index (χ3v) is 4.09. The maximum absolute atomic E-state index is 11.8. The summed E-state index contributed by atoms with van der Waals surface area (Å²) in [6, 6.07) is 12.1. The fourth-order valence-corrected chi connectivity index (χ4v) is 2.77. The Hall–Kier alpha value is -2.25. The number of hydrogen-bond acceptors (Lipinski definition) is 5. The molecule has 0 aliphatic carbocycles. The molecular formula is C19H19BrClNO5. The summed E-state index contributed by atoms with van der Waals surface area (Å²) in [4.78, 5) is 23.5. The summed E-state index contributed by atoms with van der Waals surface area (Å²) in [6.45, 7) is 2.25. The topological polar surface area (TPSA) is 73.9 Å². The van der Waals surface area contributed by atoms with Gasteiger partial charge in [0.2, 0.25) is 0 Å². The van der Waals surface area contributed by atoms with Gasteiger partial charge < -0.3 is 19.5 Å². The van der Waals surface area contributed by atoms with Crippen molar-refractivity contribution < 1.29 is 23.8 Å². The van der Waals surface area contributed by atoms with Crippen LogP contribution >= 0.6 is 27.5 Å². The minimum Gasteiger partial charge on any atom is -0.494 e. The smallest absolute Gasteiger partial charge is 0.309 e. The predicted molar refractivity (Wildman–Crippen MR) is 106 cm³/mol. The number of hydrogen-bond donors (Lipinski definition) is 1. The van der Waals surface area contributed by atoms with E-state index in [4.69, 9.17) is 25.8 Å². The number of halogens is 2. The molecule has 2 aromatic rings. The maximum atomic E-state index is 11.8. The van der Waals surface area contributed by atoms with Crippen molar-refractivity contribution in [2.45, 2.75) is 13.3 Å². The predicted octanol–water partition coefficient (Wildman–Crippen LogP) is 4.45. The van der Waals surface area contributed by atoms with Crippen LogP contribution in [0.4, 0.5) is 5.69 Å². The molecule has 27 heavy (non-hydrogen) atoms. The van der Waals surface area contributed by atoms with Crippen molar-refractivity contribution in [3.05, 3.63) is 52.0 Å². The number of nitrogens with one attached hydrogen (secondary N) is 1. The zero-order valence-corrected chi connectivity index (χ0v) is 17.0. The zero-order valence-electron chi connectivity index (χ0n) is 14.7. The van der Waals surface area contributed by atoms with E-state index >= 15 is 0 Å². The SMILES string of the molecule is CCOc1ccc(OCCC(=O)OCC(=O)Nc2ccc(Br)cc2Cl)cc1. The highest BCUT2D eigenvalue weighted by atomic mass is 79.9. The van der Waals surface area contributed by atoms with Gasteiger partial charge in [-0.05, 0) is 49.4 Å². The number of esters is 1. The molecule has 8 heteroatoms. The summed E-state index contributed by atoms with van der Waals surface area (Å²) < 4.78 is 16.5. The molecule has 0 aliphatic heterocycles. The number of rotatable bonds is 9. The minimum absolute atomic E-state index is 0.0273. The number of ether oxygens (including phenoxy) is 3. The van der Waals surface area contributed by atoms with Crippen molar-refractivity contribution in [3.8, 4) is 11.5 Å². The van der Waals surface area contributed by atoms with Crippen molar-refractivity contribution >= 4 is 45.1 Å². The Labute approximate surface area is 170 Å². The Kier molecular flexibility index (Phi) is 8.42. The van der Waals surface area contributed by atoms with Crippen LogP contribution in [-0.4, -0.2) is 31.7 Å². The monoisotopic (exact) mass is 455 g/mol. The Morgan fingerprint density at radius 1 is 1.07 bits per heavy atom. The van der Waals surface area contributed by atoms with Gasteiger partial charge in [-0.1, -0.05) is 27.5 Å². The van der Waals surface area contributed by atoms with Crippen molar-refractivity contribution in [3.63, 3.8) is 0 Å². The summed E-state index contributed by atoms with van der Waals surface area (Å²) in [5.74, 6) is 0.369. The van der Waals surface area contributed by atoms with E-state index in [-0.39, 0.29) is 13.0 Å². The fourth-order valence-electron chi connectivity index (χ4n) is 2.05. The first-order valence-corrected chi connectivity index (χ1v) is 9.41. The van der Waals surface area contributed by atoms with Gasteiger partial charge in [0.15, 0.2) is 6.61 Å². The molecule has 0 unspecified atom stereocenters. The minimum atomic E-state index is -0.530. The molecule has 0 saturated heterocycles. The van der Waals surface area contributed by atoms with Gasteiger partial charge in [-0.15, -0.1) is 0 Å². The second-order valence-electron chi connectivity index (χ2n) is 5.34. The van der Waals surface area contributed by atoms with Crippen molar-refractivity contribution in [1.82, 2.24) is 0 Å².